The summed E-state index contributed by atoms with van der Waals surface area (Å²) in [4.78, 5) is 73.9. The van der Waals surface area contributed by atoms with E-state index >= 15 is 9.59 Å². The number of primary amides is 1. The minimum absolute atomic E-state index is 0.0442. The van der Waals surface area contributed by atoms with E-state index in [-0.39, 0.29) is 42.5 Å². The smallest absolute Gasteiger partial charge is 0.421 e. The Labute approximate surface area is 384 Å². The van der Waals surface area contributed by atoms with Gasteiger partial charge in [-0.1, -0.05) is 90.7 Å². The molecule has 15 heteroatoms. The van der Waals surface area contributed by atoms with Crippen molar-refractivity contribution in [3.05, 3.63) is 201 Å². The molecule has 6 aromatic carbocycles. The van der Waals surface area contributed by atoms with Crippen LogP contribution in [0.5, 0.6) is 11.5 Å². The molecule has 6 aromatic rings. The molecule has 2 saturated heterocycles. The number of anilines is 1. The van der Waals surface area contributed by atoms with E-state index < -0.39 is 64.4 Å². The number of amides is 3. The summed E-state index contributed by atoms with van der Waals surface area (Å²) in [5.41, 5.74) is 7.44. The van der Waals surface area contributed by atoms with E-state index in [9.17, 15) is 24.8 Å². The monoisotopic (exact) mass is 898 g/mol. The quantitative estimate of drug-likeness (QED) is 0.0593. The van der Waals surface area contributed by atoms with Crippen LogP contribution in [0.15, 0.2) is 152 Å². The highest BCUT2D eigenvalue weighted by molar-refractivity contribution is 6.23. The molecule has 67 heavy (non-hydrogen) atoms. The second-order valence-electron chi connectivity index (χ2n) is 16.1. The molecule has 3 aliphatic heterocycles. The largest absolute Gasteiger partial charge is 0.497 e. The number of hydrogen-bond acceptors (Lipinski definition) is 12. The van der Waals surface area contributed by atoms with Crippen LogP contribution in [0.25, 0.3) is 0 Å². The van der Waals surface area contributed by atoms with Gasteiger partial charge < -0.3 is 29.8 Å². The molecule has 3 aliphatic rings. The van der Waals surface area contributed by atoms with Crippen LogP contribution in [0, 0.1) is 27.9 Å². The molecular weight excluding hydrogens is 857 g/mol. The lowest BCUT2D eigenvalue weighted by atomic mass is 9.65. The van der Waals surface area contributed by atoms with Gasteiger partial charge in [0, 0.05) is 28.8 Å². The van der Waals surface area contributed by atoms with Gasteiger partial charge in [-0.05, 0) is 82.9 Å². The van der Waals surface area contributed by atoms with E-state index in [4.69, 9.17) is 24.7 Å². The zero-order valence-electron chi connectivity index (χ0n) is 35.9. The molecule has 0 radical (unpaired) electrons. The number of morpholine rings is 1. The second kappa shape index (κ2) is 18.3. The van der Waals surface area contributed by atoms with Gasteiger partial charge in [0.2, 0.25) is 11.8 Å². The van der Waals surface area contributed by atoms with Gasteiger partial charge in [0.25, 0.3) is 5.69 Å². The van der Waals surface area contributed by atoms with Gasteiger partial charge in [0.1, 0.15) is 42.3 Å². The van der Waals surface area contributed by atoms with Crippen LogP contribution in [-0.4, -0.2) is 65.2 Å². The Kier molecular flexibility index (Phi) is 12.0. The number of ether oxygens (including phenoxy) is 4. The van der Waals surface area contributed by atoms with Crippen LogP contribution in [0.2, 0.25) is 0 Å². The van der Waals surface area contributed by atoms with E-state index in [1.807, 2.05) is 60.7 Å². The van der Waals surface area contributed by atoms with E-state index in [1.54, 1.807) is 72.7 Å². The first-order chi connectivity index (χ1) is 32.6. The zero-order valence-corrected chi connectivity index (χ0v) is 35.9. The summed E-state index contributed by atoms with van der Waals surface area (Å²) in [6, 6.07) is 38.7. The Bertz CT molecular complexity index is 2940. The predicted molar refractivity (Wildman–Crippen MR) is 242 cm³/mol. The summed E-state index contributed by atoms with van der Waals surface area (Å²) in [5, 5.41) is 21.3. The lowest BCUT2D eigenvalue weighted by Gasteiger charge is -2.46. The topological polar surface area (TPSA) is 201 Å². The summed E-state index contributed by atoms with van der Waals surface area (Å²) in [6.45, 7) is -0.889. The number of imide groups is 1. The molecule has 3 N–H and O–H groups in total. The maximum absolute atomic E-state index is 16.2. The number of carbonyl (C=O) groups is 4. The van der Waals surface area contributed by atoms with Crippen LogP contribution >= 0.6 is 0 Å². The Morgan fingerprint density at radius 3 is 2.12 bits per heavy atom. The molecule has 3 heterocycles. The summed E-state index contributed by atoms with van der Waals surface area (Å²) in [7, 11) is 1.56. The number of hydrogen-bond donors (Lipinski definition) is 2. The van der Waals surface area contributed by atoms with Crippen LogP contribution in [0.4, 0.5) is 16.2 Å². The van der Waals surface area contributed by atoms with E-state index in [0.717, 1.165) is 4.90 Å². The van der Waals surface area contributed by atoms with E-state index in [2.05, 4.69) is 11.8 Å². The number of fused-ring (bicyclic) bond motifs is 3. The van der Waals surface area contributed by atoms with Crippen molar-refractivity contribution in [3.63, 3.8) is 0 Å². The molecule has 1 spiro atoms. The van der Waals surface area contributed by atoms with Crippen molar-refractivity contribution in [2.24, 2.45) is 11.7 Å². The number of cyclic esters (lactones) is 1. The molecule has 0 saturated carbocycles. The fourth-order valence-electron chi connectivity index (χ4n) is 9.70. The molecular formula is C52H42N4O11. The summed E-state index contributed by atoms with van der Waals surface area (Å²) in [5.74, 6) is 2.70. The van der Waals surface area contributed by atoms with Crippen molar-refractivity contribution in [1.29, 1.82) is 0 Å². The van der Waals surface area contributed by atoms with Crippen molar-refractivity contribution >= 4 is 35.3 Å². The van der Waals surface area contributed by atoms with Crippen molar-refractivity contribution in [2.75, 3.05) is 25.2 Å². The number of nitro groups is 1. The van der Waals surface area contributed by atoms with Gasteiger partial charge in [-0.3, -0.25) is 29.4 Å². The average Bonchev–Trinajstić information content (AvgIpc) is 3.81. The van der Waals surface area contributed by atoms with Crippen molar-refractivity contribution < 1.29 is 48.2 Å². The first-order valence-corrected chi connectivity index (χ1v) is 21.3. The van der Waals surface area contributed by atoms with Crippen LogP contribution < -0.4 is 20.1 Å². The zero-order chi connectivity index (χ0) is 46.8. The highest BCUT2D eigenvalue weighted by Gasteiger charge is 2.76. The molecule has 9 rings (SSSR count). The number of benzene rings is 6. The van der Waals surface area contributed by atoms with E-state index in [1.165, 1.54) is 30.3 Å². The standard InChI is InChI=1S/C52H42N4O11/c1-64-38-25-20-32(21-26-38)16-17-33-22-27-41-40(30-33)52(50(60)54(41)51(61)66-31-34-18-23-37(24-19-34)56(62)63)43(48(53)58)45-49(59)67-46(36-12-6-3-7-13-36)44(35-10-4-2-5-11-35)55(45)47(52)39-14-8-9-15-42(39)65-29-28-57/h2-15,18-27,30,43-47,57H,28-29,31H2,1H3,(H2,53,58)/t43-,44-,45-,46+,47+,52-/m0/s1. The van der Waals surface area contributed by atoms with Gasteiger partial charge >= 0.3 is 12.1 Å². The van der Waals surface area contributed by atoms with Gasteiger partial charge in [0.05, 0.1) is 42.3 Å². The van der Waals surface area contributed by atoms with Crippen LogP contribution in [0.1, 0.15) is 57.1 Å². The fourth-order valence-corrected chi connectivity index (χ4v) is 9.70. The summed E-state index contributed by atoms with van der Waals surface area (Å²) >= 11 is 0. The fraction of sp³-hybridized carbons (Fsp3) is 0.192. The number of non-ortho nitro benzene ring substituents is 1. The Morgan fingerprint density at radius 1 is 0.821 bits per heavy atom. The minimum atomic E-state index is -2.19. The van der Waals surface area contributed by atoms with Gasteiger partial charge in [-0.25, -0.2) is 9.69 Å². The van der Waals surface area contributed by atoms with Gasteiger partial charge in [0.15, 0.2) is 0 Å². The molecule has 336 valence electrons. The maximum Gasteiger partial charge on any atom is 0.421 e. The van der Waals surface area contributed by atoms with Gasteiger partial charge in [-0.15, -0.1) is 0 Å². The molecule has 15 nitrogen and oxygen atoms in total. The lowest BCUT2D eigenvalue weighted by Crippen LogP contribution is -2.55. The summed E-state index contributed by atoms with van der Waals surface area (Å²) in [6.07, 6.45) is -2.11. The SMILES string of the molecule is COc1ccc(C#Cc2ccc3c(c2)[C@]2(C(=O)N3C(=O)OCc3ccc([N+](=O)[O-])cc3)[C@H](C(N)=O)[C@H]3C(=O)O[C@H](c4ccccc4)[C@H](c4ccccc4)N3[C@@H]2c2ccccc2OCCO)cc1. The molecule has 3 amide bonds. The maximum atomic E-state index is 16.2. The molecule has 0 bridgehead atoms. The summed E-state index contributed by atoms with van der Waals surface area (Å²) < 4.78 is 23.7. The number of rotatable bonds is 11. The van der Waals surface area contributed by atoms with Crippen LogP contribution in [-0.2, 0) is 35.9 Å². The number of carbonyl (C=O) groups excluding carboxylic acids is 4. The predicted octanol–water partition coefficient (Wildman–Crippen LogP) is 6.86. The molecule has 0 aromatic heterocycles. The second-order valence-corrected chi connectivity index (χ2v) is 16.1. The highest BCUT2D eigenvalue weighted by atomic mass is 16.6. The van der Waals surface area contributed by atoms with Crippen molar-refractivity contribution in [2.45, 2.75) is 36.3 Å². The third kappa shape index (κ3) is 7.77. The number of esters is 1. The third-order valence-electron chi connectivity index (χ3n) is 12.5. The lowest BCUT2D eigenvalue weighted by molar-refractivity contribution is -0.384. The molecule has 0 unspecified atom stereocenters. The molecule has 2 fully saturated rings. The molecule has 6 atom stereocenters. The first-order valence-electron chi connectivity index (χ1n) is 21.3. The first kappa shape index (κ1) is 43.9. The number of nitrogens with two attached hydrogens (primary N) is 1. The number of methoxy groups -OCH3 is 1. The number of para-hydroxylation sites is 1. The Morgan fingerprint density at radius 2 is 1.46 bits per heavy atom. The average molecular weight is 899 g/mol. The van der Waals surface area contributed by atoms with Crippen molar-refractivity contribution in [3.8, 4) is 23.3 Å². The number of nitro benzene ring substituents is 1. The molecule has 0 aliphatic carbocycles. The number of nitrogens with zero attached hydrogens (tertiary/aromatic N) is 3. The van der Waals surface area contributed by atoms with Crippen molar-refractivity contribution in [1.82, 2.24) is 4.90 Å². The minimum Gasteiger partial charge on any atom is -0.497 e. The Hall–Kier alpha value is -8.32. The highest BCUT2D eigenvalue weighted by Crippen LogP contribution is 2.66. The number of aliphatic hydroxyl groups excluding tert-OH is 1. The normalized spacial score (nSPS) is 21.6. The third-order valence-corrected chi connectivity index (χ3v) is 12.5. The van der Waals surface area contributed by atoms with Crippen LogP contribution in [0.3, 0.4) is 0 Å². The van der Waals surface area contributed by atoms with E-state index in [0.29, 0.717) is 39.1 Å². The Balaban J connectivity index is 1.30. The number of aliphatic hydroxyl groups is 1. The van der Waals surface area contributed by atoms with Gasteiger partial charge in [-0.2, -0.15) is 0 Å².